The van der Waals surface area contributed by atoms with E-state index in [-0.39, 0.29) is 36.9 Å². The van der Waals surface area contributed by atoms with Gasteiger partial charge in [0, 0.05) is 24.2 Å². The number of halogens is 2. The largest absolute Gasteiger partial charge is 0.458 e. The molecule has 7 atom stereocenters. The molecule has 0 bridgehead atoms. The molecule has 4 aliphatic carbocycles. The van der Waals surface area contributed by atoms with Gasteiger partial charge in [0.2, 0.25) is 5.78 Å². The first-order chi connectivity index (χ1) is 14.3. The van der Waals surface area contributed by atoms with Gasteiger partial charge in [0.1, 0.15) is 17.4 Å². The highest BCUT2D eigenvalue weighted by Crippen LogP contribution is 2.67. The number of allylic oxidation sites excluding steroid dienone is 2. The molecule has 0 radical (unpaired) electrons. The predicted octanol–water partition coefficient (Wildman–Crippen LogP) is 2.94. The van der Waals surface area contributed by atoms with Crippen molar-refractivity contribution in [2.45, 2.75) is 70.2 Å². The van der Waals surface area contributed by atoms with Crippen molar-refractivity contribution in [3.05, 3.63) is 22.2 Å². The standard InChI is InChI=1S/C23H28BrFO6/c1-12(26)31-11-19(28)22(29)7-5-14-13-8-18(25)23(30)10-17(27)16(24)9-21(23,3)15(13)4-6-20(14,22)2/h4,9,13-14,18,29-30H,5-8,10-11H2,1-3H3/t13-,14-,18+,20-,21+,22-,23-/m0/s1. The summed E-state index contributed by atoms with van der Waals surface area (Å²) < 4.78 is 20.7. The molecule has 2 saturated carbocycles. The first-order valence-electron chi connectivity index (χ1n) is 10.7. The lowest BCUT2D eigenvalue weighted by atomic mass is 9.47. The summed E-state index contributed by atoms with van der Waals surface area (Å²) in [4.78, 5) is 36.2. The molecule has 0 saturated heterocycles. The van der Waals surface area contributed by atoms with Gasteiger partial charge in [-0.2, -0.15) is 0 Å². The molecule has 6 nitrogen and oxygen atoms in total. The summed E-state index contributed by atoms with van der Waals surface area (Å²) in [5.41, 5.74) is -4.53. The summed E-state index contributed by atoms with van der Waals surface area (Å²) in [5.74, 6) is -1.91. The SMILES string of the molecule is CC(=O)OCC(=O)[C@@]1(O)CC[C@H]2[C@@H]3C[C@@H](F)[C@@]4(O)CC(=O)C(Br)=C[C@]4(C)C3=CC[C@@]21C. The van der Waals surface area contributed by atoms with Gasteiger partial charge < -0.3 is 14.9 Å². The van der Waals surface area contributed by atoms with Crippen molar-refractivity contribution in [2.75, 3.05) is 6.61 Å². The van der Waals surface area contributed by atoms with Crippen molar-refractivity contribution in [1.29, 1.82) is 0 Å². The van der Waals surface area contributed by atoms with Crippen LogP contribution < -0.4 is 0 Å². The number of rotatable bonds is 3. The molecule has 4 rings (SSSR count). The van der Waals surface area contributed by atoms with Crippen LogP contribution in [0.2, 0.25) is 0 Å². The number of hydrogen-bond donors (Lipinski definition) is 2. The fourth-order valence-corrected chi connectivity index (χ4v) is 7.32. The molecule has 0 aliphatic heterocycles. The molecule has 170 valence electrons. The maximum atomic E-state index is 15.5. The highest BCUT2D eigenvalue weighted by Gasteiger charge is 2.68. The molecule has 8 heteroatoms. The maximum absolute atomic E-state index is 15.5. The molecule has 0 amide bonds. The van der Waals surface area contributed by atoms with Crippen LogP contribution in [0.5, 0.6) is 0 Å². The summed E-state index contributed by atoms with van der Waals surface area (Å²) in [7, 11) is 0. The summed E-state index contributed by atoms with van der Waals surface area (Å²) in [6.45, 7) is 4.32. The lowest BCUT2D eigenvalue weighted by molar-refractivity contribution is -0.167. The lowest BCUT2D eigenvalue weighted by Gasteiger charge is -2.59. The van der Waals surface area contributed by atoms with Crippen molar-refractivity contribution in [3.63, 3.8) is 0 Å². The number of carbonyl (C=O) groups excluding carboxylic acids is 3. The average Bonchev–Trinajstić information content (AvgIpc) is 2.96. The van der Waals surface area contributed by atoms with Gasteiger partial charge in [-0.05, 0) is 60.4 Å². The van der Waals surface area contributed by atoms with Gasteiger partial charge >= 0.3 is 5.97 Å². The van der Waals surface area contributed by atoms with Gasteiger partial charge in [0.05, 0.1) is 4.48 Å². The van der Waals surface area contributed by atoms with Gasteiger partial charge in [-0.15, -0.1) is 0 Å². The van der Waals surface area contributed by atoms with E-state index in [2.05, 4.69) is 15.9 Å². The molecule has 2 fully saturated rings. The Labute approximate surface area is 189 Å². The van der Waals surface area contributed by atoms with Crippen LogP contribution in [-0.2, 0) is 19.1 Å². The Hall–Kier alpha value is -1.38. The van der Waals surface area contributed by atoms with E-state index >= 15 is 4.39 Å². The monoisotopic (exact) mass is 498 g/mol. The van der Waals surface area contributed by atoms with Gasteiger partial charge in [-0.25, -0.2) is 4.39 Å². The Kier molecular flexibility index (Phi) is 5.19. The molecule has 0 spiro atoms. The number of alkyl halides is 1. The summed E-state index contributed by atoms with van der Waals surface area (Å²) >= 11 is 3.27. The van der Waals surface area contributed by atoms with E-state index < -0.39 is 46.6 Å². The highest BCUT2D eigenvalue weighted by atomic mass is 79.9. The number of aliphatic hydroxyl groups is 2. The number of esters is 1. The van der Waals surface area contributed by atoms with E-state index in [1.807, 2.05) is 13.0 Å². The molecule has 0 aromatic rings. The molecular weight excluding hydrogens is 471 g/mol. The number of Topliss-reactive ketones (excluding diaryl/α,β-unsaturated/α-hetero) is 2. The van der Waals surface area contributed by atoms with E-state index in [9.17, 15) is 24.6 Å². The average molecular weight is 499 g/mol. The molecule has 0 aromatic carbocycles. The third kappa shape index (κ3) is 2.90. The van der Waals surface area contributed by atoms with E-state index in [1.54, 1.807) is 13.0 Å². The van der Waals surface area contributed by atoms with Crippen LogP contribution in [0, 0.1) is 22.7 Å². The third-order valence-electron chi connectivity index (χ3n) is 8.67. The second kappa shape index (κ2) is 7.06. The number of carbonyl (C=O) groups is 3. The van der Waals surface area contributed by atoms with Crippen LogP contribution in [0.15, 0.2) is 22.2 Å². The minimum absolute atomic E-state index is 0.0329. The van der Waals surface area contributed by atoms with Crippen LogP contribution in [-0.4, -0.2) is 51.7 Å². The topological polar surface area (TPSA) is 101 Å². The van der Waals surface area contributed by atoms with Gasteiger partial charge in [0.25, 0.3) is 0 Å². The molecule has 0 unspecified atom stereocenters. The fourth-order valence-electron chi connectivity index (χ4n) is 6.72. The maximum Gasteiger partial charge on any atom is 0.303 e. The Balaban J connectivity index is 1.75. The van der Waals surface area contributed by atoms with E-state index in [1.165, 1.54) is 6.92 Å². The van der Waals surface area contributed by atoms with Crippen LogP contribution >= 0.6 is 15.9 Å². The van der Waals surface area contributed by atoms with Crippen LogP contribution in [0.3, 0.4) is 0 Å². The molecule has 0 aromatic heterocycles. The minimum atomic E-state index is -1.82. The first kappa shape index (κ1) is 22.8. The quantitative estimate of drug-likeness (QED) is 0.458. The minimum Gasteiger partial charge on any atom is -0.458 e. The highest BCUT2D eigenvalue weighted by molar-refractivity contribution is 9.12. The number of ketones is 2. The lowest BCUT2D eigenvalue weighted by Crippen LogP contribution is -2.64. The predicted molar refractivity (Wildman–Crippen MR) is 113 cm³/mol. The van der Waals surface area contributed by atoms with Gasteiger partial charge in [-0.1, -0.05) is 24.6 Å². The number of hydrogen-bond acceptors (Lipinski definition) is 6. The zero-order chi connectivity index (χ0) is 23.0. The summed E-state index contributed by atoms with van der Waals surface area (Å²) in [6, 6.07) is 0. The van der Waals surface area contributed by atoms with Crippen LogP contribution in [0.1, 0.15) is 52.9 Å². The second-order valence-electron chi connectivity index (χ2n) is 10.0. The molecule has 31 heavy (non-hydrogen) atoms. The molecule has 0 heterocycles. The van der Waals surface area contributed by atoms with Crippen molar-refractivity contribution < 1.29 is 33.7 Å². The van der Waals surface area contributed by atoms with E-state index in [4.69, 9.17) is 4.74 Å². The van der Waals surface area contributed by atoms with Crippen LogP contribution in [0.4, 0.5) is 4.39 Å². The smallest absolute Gasteiger partial charge is 0.303 e. The summed E-state index contributed by atoms with van der Waals surface area (Å²) in [5, 5.41) is 22.7. The van der Waals surface area contributed by atoms with E-state index in [0.29, 0.717) is 17.3 Å². The first-order valence-corrected chi connectivity index (χ1v) is 11.5. The Bertz CT molecular complexity index is 929. The van der Waals surface area contributed by atoms with Gasteiger partial charge in [-0.3, -0.25) is 14.4 Å². The molecular formula is C23H28BrFO6. The van der Waals surface area contributed by atoms with Crippen molar-refractivity contribution >= 4 is 33.5 Å². The van der Waals surface area contributed by atoms with Crippen LogP contribution in [0.25, 0.3) is 0 Å². The Morgan fingerprint density at radius 3 is 2.65 bits per heavy atom. The zero-order valence-electron chi connectivity index (χ0n) is 17.9. The second-order valence-corrected chi connectivity index (χ2v) is 10.9. The Morgan fingerprint density at radius 1 is 1.32 bits per heavy atom. The summed E-state index contributed by atoms with van der Waals surface area (Å²) in [6.07, 6.45) is 2.76. The fraction of sp³-hybridized carbons (Fsp3) is 0.696. The van der Waals surface area contributed by atoms with Gasteiger partial charge in [0.15, 0.2) is 12.4 Å². The number of fused-ring (bicyclic) bond motifs is 5. The molecule has 2 N–H and O–H groups in total. The van der Waals surface area contributed by atoms with Crippen molar-refractivity contribution in [2.24, 2.45) is 22.7 Å². The van der Waals surface area contributed by atoms with Crippen molar-refractivity contribution in [3.8, 4) is 0 Å². The zero-order valence-corrected chi connectivity index (χ0v) is 19.5. The number of ether oxygens (including phenoxy) is 1. The third-order valence-corrected chi connectivity index (χ3v) is 9.34. The Morgan fingerprint density at radius 2 is 2.00 bits per heavy atom. The molecule has 4 aliphatic rings. The normalized spacial score (nSPS) is 46.3. The van der Waals surface area contributed by atoms with E-state index in [0.717, 1.165) is 5.57 Å². The van der Waals surface area contributed by atoms with Crippen molar-refractivity contribution in [1.82, 2.24) is 0 Å².